The summed E-state index contributed by atoms with van der Waals surface area (Å²) in [6.07, 6.45) is 2.67. The Bertz CT molecular complexity index is 286. The number of amides is 2. The molecule has 0 atom stereocenters. The number of nitrogens with one attached hydrogen (secondary N) is 2. The molecular formula is C13H25N3O2. The largest absolute Gasteiger partial charge is 0.352 e. The van der Waals surface area contributed by atoms with Crippen molar-refractivity contribution in [3.05, 3.63) is 0 Å². The summed E-state index contributed by atoms with van der Waals surface area (Å²) in [4.78, 5) is 25.0. The molecule has 0 aromatic carbocycles. The molecule has 5 nitrogen and oxygen atoms in total. The van der Waals surface area contributed by atoms with Crippen molar-refractivity contribution >= 4 is 11.8 Å². The first kappa shape index (κ1) is 15.0. The first-order valence-corrected chi connectivity index (χ1v) is 6.73. The van der Waals surface area contributed by atoms with Gasteiger partial charge in [-0.3, -0.25) is 9.59 Å². The number of nitrogens with zero attached hydrogens (tertiary/aromatic N) is 1. The van der Waals surface area contributed by atoms with Gasteiger partial charge < -0.3 is 15.5 Å². The minimum atomic E-state index is -0.0915. The van der Waals surface area contributed by atoms with E-state index in [0.29, 0.717) is 12.3 Å². The zero-order valence-corrected chi connectivity index (χ0v) is 11.7. The van der Waals surface area contributed by atoms with E-state index in [-0.39, 0.29) is 24.4 Å². The van der Waals surface area contributed by atoms with Gasteiger partial charge in [-0.1, -0.05) is 0 Å². The van der Waals surface area contributed by atoms with Crippen molar-refractivity contribution in [2.45, 2.75) is 39.2 Å². The molecule has 1 aliphatic heterocycles. The van der Waals surface area contributed by atoms with E-state index in [1.807, 2.05) is 13.8 Å². The lowest BCUT2D eigenvalue weighted by molar-refractivity contribution is -0.135. The maximum atomic E-state index is 12.0. The monoisotopic (exact) mass is 255 g/mol. The second-order valence-corrected chi connectivity index (χ2v) is 5.37. The Hall–Kier alpha value is -1.10. The second kappa shape index (κ2) is 7.36. The molecule has 0 radical (unpaired) electrons. The fourth-order valence-corrected chi connectivity index (χ4v) is 2.16. The average Bonchev–Trinajstić information content (AvgIpc) is 2.28. The van der Waals surface area contributed by atoms with Gasteiger partial charge in [0.1, 0.15) is 0 Å². The fourth-order valence-electron chi connectivity index (χ4n) is 2.16. The van der Waals surface area contributed by atoms with Crippen LogP contribution in [0.1, 0.15) is 33.1 Å². The molecule has 104 valence electrons. The van der Waals surface area contributed by atoms with E-state index in [1.165, 1.54) is 4.90 Å². The van der Waals surface area contributed by atoms with Crippen LogP contribution in [0.4, 0.5) is 0 Å². The van der Waals surface area contributed by atoms with Gasteiger partial charge in [0, 0.05) is 19.5 Å². The van der Waals surface area contributed by atoms with Gasteiger partial charge >= 0.3 is 0 Å². The molecule has 1 fully saturated rings. The van der Waals surface area contributed by atoms with Crippen LogP contribution in [0.15, 0.2) is 0 Å². The summed E-state index contributed by atoms with van der Waals surface area (Å²) in [6, 6.07) is 0.116. The van der Waals surface area contributed by atoms with Gasteiger partial charge in [-0.25, -0.2) is 0 Å². The van der Waals surface area contributed by atoms with Crippen LogP contribution in [0.5, 0.6) is 0 Å². The summed E-state index contributed by atoms with van der Waals surface area (Å²) in [7, 11) is 1.70. The van der Waals surface area contributed by atoms with Gasteiger partial charge in [0.2, 0.25) is 11.8 Å². The minimum absolute atomic E-state index is 0.0702. The molecule has 0 unspecified atom stereocenters. The third-order valence-electron chi connectivity index (χ3n) is 3.18. The van der Waals surface area contributed by atoms with Crippen LogP contribution in [-0.4, -0.2) is 49.4 Å². The highest BCUT2D eigenvalue weighted by atomic mass is 16.2. The topological polar surface area (TPSA) is 61.4 Å². The molecule has 1 rings (SSSR count). The Kier molecular flexibility index (Phi) is 6.12. The van der Waals surface area contributed by atoms with E-state index in [9.17, 15) is 9.59 Å². The Balaban J connectivity index is 2.29. The highest BCUT2D eigenvalue weighted by molar-refractivity contribution is 5.84. The van der Waals surface area contributed by atoms with Gasteiger partial charge in [-0.2, -0.15) is 0 Å². The summed E-state index contributed by atoms with van der Waals surface area (Å²) in [5.41, 5.74) is 0. The van der Waals surface area contributed by atoms with E-state index in [2.05, 4.69) is 10.6 Å². The van der Waals surface area contributed by atoms with Crippen LogP contribution in [0.3, 0.4) is 0 Å². The van der Waals surface area contributed by atoms with Crippen LogP contribution >= 0.6 is 0 Å². The fraction of sp³-hybridized carbons (Fsp3) is 0.846. The number of rotatable bonds is 5. The quantitative estimate of drug-likeness (QED) is 0.745. The minimum Gasteiger partial charge on any atom is -0.352 e. The van der Waals surface area contributed by atoms with Gasteiger partial charge in [0.15, 0.2) is 0 Å². The van der Waals surface area contributed by atoms with Gasteiger partial charge in [-0.15, -0.1) is 0 Å². The van der Waals surface area contributed by atoms with Crippen molar-refractivity contribution in [3.8, 4) is 0 Å². The van der Waals surface area contributed by atoms with Crippen LogP contribution in [-0.2, 0) is 9.59 Å². The number of hydrogen-bond donors (Lipinski definition) is 2. The summed E-state index contributed by atoms with van der Waals surface area (Å²) in [5, 5.41) is 6.07. The first-order valence-electron chi connectivity index (χ1n) is 6.73. The number of carbonyl (C=O) groups excluding carboxylic acids is 2. The van der Waals surface area contributed by atoms with Gasteiger partial charge in [-0.05, 0) is 45.7 Å². The molecule has 0 bridgehead atoms. The maximum absolute atomic E-state index is 12.0. The lowest BCUT2D eigenvalue weighted by Crippen LogP contribution is -2.41. The predicted molar refractivity (Wildman–Crippen MR) is 71.1 cm³/mol. The molecular weight excluding hydrogens is 230 g/mol. The highest BCUT2D eigenvalue weighted by Crippen LogP contribution is 2.16. The van der Waals surface area contributed by atoms with Crippen molar-refractivity contribution in [2.24, 2.45) is 5.92 Å². The van der Waals surface area contributed by atoms with Crippen LogP contribution in [0.25, 0.3) is 0 Å². The number of carbonyl (C=O) groups is 2. The zero-order valence-electron chi connectivity index (χ0n) is 11.7. The Morgan fingerprint density at radius 1 is 1.33 bits per heavy atom. The number of likely N-dealkylation sites (N-methyl/N-ethyl adjacent to an activating group) is 1. The molecule has 5 heteroatoms. The van der Waals surface area contributed by atoms with E-state index >= 15 is 0 Å². The SMILES string of the molecule is CC(C)NC(=O)CN(C)C(=O)CC1CCNCC1. The van der Waals surface area contributed by atoms with Crippen molar-refractivity contribution < 1.29 is 9.59 Å². The second-order valence-electron chi connectivity index (χ2n) is 5.37. The third kappa shape index (κ3) is 5.49. The Labute approximate surface area is 109 Å². The van der Waals surface area contributed by atoms with Crippen LogP contribution < -0.4 is 10.6 Å². The van der Waals surface area contributed by atoms with Crippen molar-refractivity contribution in [1.29, 1.82) is 0 Å². The van der Waals surface area contributed by atoms with Crippen molar-refractivity contribution in [3.63, 3.8) is 0 Å². The molecule has 18 heavy (non-hydrogen) atoms. The zero-order chi connectivity index (χ0) is 13.5. The molecule has 1 aliphatic rings. The summed E-state index contributed by atoms with van der Waals surface area (Å²) < 4.78 is 0. The van der Waals surface area contributed by atoms with E-state index in [1.54, 1.807) is 7.05 Å². The van der Waals surface area contributed by atoms with E-state index < -0.39 is 0 Å². The molecule has 1 heterocycles. The molecule has 0 aromatic rings. The summed E-state index contributed by atoms with van der Waals surface area (Å²) in [6.45, 7) is 5.97. The normalized spacial score (nSPS) is 16.7. The maximum Gasteiger partial charge on any atom is 0.239 e. The van der Waals surface area contributed by atoms with Gasteiger partial charge in [0.05, 0.1) is 6.54 Å². The number of piperidine rings is 1. The first-order chi connectivity index (χ1) is 8.49. The van der Waals surface area contributed by atoms with Crippen LogP contribution in [0.2, 0.25) is 0 Å². The van der Waals surface area contributed by atoms with E-state index in [0.717, 1.165) is 25.9 Å². The molecule has 0 spiro atoms. The smallest absolute Gasteiger partial charge is 0.239 e. The molecule has 0 aromatic heterocycles. The Morgan fingerprint density at radius 2 is 1.94 bits per heavy atom. The molecule has 1 saturated heterocycles. The lowest BCUT2D eigenvalue weighted by Gasteiger charge is -2.24. The molecule has 0 saturated carbocycles. The predicted octanol–water partition coefficient (Wildman–Crippen LogP) is 0.359. The van der Waals surface area contributed by atoms with Crippen molar-refractivity contribution in [1.82, 2.24) is 15.5 Å². The lowest BCUT2D eigenvalue weighted by atomic mass is 9.94. The number of hydrogen-bond acceptors (Lipinski definition) is 3. The van der Waals surface area contributed by atoms with Crippen molar-refractivity contribution in [2.75, 3.05) is 26.7 Å². The Morgan fingerprint density at radius 3 is 2.50 bits per heavy atom. The standard InChI is InChI=1S/C13H25N3O2/c1-10(2)15-12(17)9-16(3)13(18)8-11-4-6-14-7-5-11/h10-11,14H,4-9H2,1-3H3,(H,15,17). The summed E-state index contributed by atoms with van der Waals surface area (Å²) in [5.74, 6) is 0.446. The third-order valence-corrected chi connectivity index (χ3v) is 3.18. The summed E-state index contributed by atoms with van der Waals surface area (Å²) >= 11 is 0. The van der Waals surface area contributed by atoms with Gasteiger partial charge in [0.25, 0.3) is 0 Å². The molecule has 2 N–H and O–H groups in total. The molecule has 2 amide bonds. The average molecular weight is 255 g/mol. The molecule has 0 aliphatic carbocycles. The van der Waals surface area contributed by atoms with E-state index in [4.69, 9.17) is 0 Å². The highest BCUT2D eigenvalue weighted by Gasteiger charge is 2.20. The van der Waals surface area contributed by atoms with Crippen LogP contribution in [0, 0.1) is 5.92 Å².